The molecule has 1 aromatic carbocycles. The van der Waals surface area contributed by atoms with Gasteiger partial charge in [0, 0.05) is 11.1 Å². The Kier molecular flexibility index (Phi) is 1.71. The van der Waals surface area contributed by atoms with Crippen LogP contribution in [0.4, 0.5) is 0 Å². The third-order valence-electron chi connectivity index (χ3n) is 1.84. The van der Waals surface area contributed by atoms with E-state index in [1.54, 1.807) is 18.2 Å². The molecule has 0 aromatic heterocycles. The minimum absolute atomic E-state index is 0.548. The van der Waals surface area contributed by atoms with Gasteiger partial charge in [-0.25, -0.2) is 0 Å². The van der Waals surface area contributed by atoms with E-state index in [1.807, 2.05) is 0 Å². The van der Waals surface area contributed by atoms with Crippen LogP contribution < -0.4 is 5.46 Å². The molecule has 1 aromatic rings. The summed E-state index contributed by atoms with van der Waals surface area (Å²) in [4.78, 5) is 10.4. The summed E-state index contributed by atoms with van der Waals surface area (Å²) in [6, 6.07) is 5.05. The minimum atomic E-state index is -0.917. The largest absolute Gasteiger partial charge is 0.407 e. The zero-order valence-corrected chi connectivity index (χ0v) is 6.23. The van der Waals surface area contributed by atoms with Crippen molar-refractivity contribution in [2.75, 3.05) is 0 Å². The van der Waals surface area contributed by atoms with Crippen molar-refractivity contribution < 1.29 is 14.6 Å². The van der Waals surface area contributed by atoms with Crippen molar-refractivity contribution >= 4 is 19.2 Å². The van der Waals surface area contributed by atoms with Crippen LogP contribution in [0.2, 0.25) is 0 Å². The second-order valence-corrected chi connectivity index (χ2v) is 2.61. The highest BCUT2D eigenvalue weighted by molar-refractivity contribution is 6.49. The van der Waals surface area contributed by atoms with E-state index in [2.05, 4.69) is 0 Å². The summed E-state index contributed by atoms with van der Waals surface area (Å²) in [5.74, 6) is 0. The average molecular weight is 161 g/mol. The maximum atomic E-state index is 10.4. The van der Waals surface area contributed by atoms with Crippen molar-refractivity contribution in [2.24, 2.45) is 0 Å². The summed E-state index contributed by atoms with van der Waals surface area (Å²) >= 11 is 0. The highest BCUT2D eigenvalue weighted by Gasteiger charge is 2.21. The summed E-state index contributed by atoms with van der Waals surface area (Å²) in [5, 5.41) is 9.23. The zero-order valence-electron chi connectivity index (χ0n) is 6.23. The van der Waals surface area contributed by atoms with Crippen molar-refractivity contribution in [3.05, 3.63) is 29.3 Å². The third kappa shape index (κ3) is 1.05. The molecule has 0 saturated heterocycles. The molecule has 59 valence electrons. The second-order valence-electron chi connectivity index (χ2n) is 2.61. The number of aliphatic hydroxyl groups excluding tert-OH is 1. The highest BCUT2D eigenvalue weighted by Crippen LogP contribution is 2.17. The number of hydrogen-bond acceptors (Lipinski definition) is 3. The molecule has 4 heteroatoms. The van der Waals surface area contributed by atoms with Crippen molar-refractivity contribution in [1.29, 1.82) is 0 Å². The van der Waals surface area contributed by atoms with Gasteiger partial charge in [-0.15, -0.1) is 0 Å². The molecule has 1 atom stereocenters. The van der Waals surface area contributed by atoms with Crippen LogP contribution in [-0.2, 0) is 4.65 Å². The first-order valence-electron chi connectivity index (χ1n) is 3.57. The van der Waals surface area contributed by atoms with Gasteiger partial charge in [0.15, 0.2) is 6.29 Å². The molecule has 1 unspecified atom stereocenters. The number of aldehydes is 1. The van der Waals surface area contributed by atoms with E-state index in [9.17, 15) is 9.90 Å². The number of hydrogen-bond donors (Lipinski definition) is 1. The number of aliphatic hydroxyl groups is 1. The first-order chi connectivity index (χ1) is 5.81. The van der Waals surface area contributed by atoms with Crippen molar-refractivity contribution in [1.82, 2.24) is 0 Å². The Balaban J connectivity index is 2.50. The lowest BCUT2D eigenvalue weighted by Gasteiger charge is -2.03. The van der Waals surface area contributed by atoms with E-state index in [-0.39, 0.29) is 0 Å². The molecular formula is C8H6BO3. The van der Waals surface area contributed by atoms with Crippen LogP contribution in [0.5, 0.6) is 0 Å². The van der Waals surface area contributed by atoms with Gasteiger partial charge in [0.05, 0.1) is 0 Å². The van der Waals surface area contributed by atoms with Crippen LogP contribution in [0.3, 0.4) is 0 Å². The molecule has 2 rings (SSSR count). The van der Waals surface area contributed by atoms with Crippen LogP contribution in [0.15, 0.2) is 18.2 Å². The summed E-state index contributed by atoms with van der Waals surface area (Å²) in [6.45, 7) is 0. The molecule has 1 aliphatic rings. The molecule has 0 bridgehead atoms. The molecule has 1 aliphatic heterocycles. The molecule has 0 fully saturated rings. The zero-order chi connectivity index (χ0) is 8.55. The van der Waals surface area contributed by atoms with Crippen molar-refractivity contribution in [2.45, 2.75) is 6.29 Å². The summed E-state index contributed by atoms with van der Waals surface area (Å²) in [6.07, 6.45) is -0.175. The van der Waals surface area contributed by atoms with E-state index < -0.39 is 6.29 Å². The molecule has 1 N–H and O–H groups in total. The van der Waals surface area contributed by atoms with Gasteiger partial charge in [-0.2, -0.15) is 0 Å². The van der Waals surface area contributed by atoms with E-state index >= 15 is 0 Å². The number of fused-ring (bicyclic) bond motifs is 1. The molecule has 0 aliphatic carbocycles. The molecule has 0 amide bonds. The van der Waals surface area contributed by atoms with Gasteiger partial charge < -0.3 is 9.76 Å². The Morgan fingerprint density at radius 1 is 1.58 bits per heavy atom. The first-order valence-corrected chi connectivity index (χ1v) is 3.57. The summed E-state index contributed by atoms with van der Waals surface area (Å²) in [5.41, 5.74) is 2.03. The van der Waals surface area contributed by atoms with Gasteiger partial charge >= 0.3 is 7.48 Å². The van der Waals surface area contributed by atoms with Gasteiger partial charge in [0.2, 0.25) is 0 Å². The number of carbonyl (C=O) groups is 1. The Bertz CT molecular complexity index is 324. The molecule has 1 radical (unpaired) electrons. The fourth-order valence-electron chi connectivity index (χ4n) is 1.20. The lowest BCUT2D eigenvalue weighted by molar-refractivity contribution is -0.00795. The number of rotatable bonds is 1. The van der Waals surface area contributed by atoms with Crippen molar-refractivity contribution in [3.8, 4) is 0 Å². The van der Waals surface area contributed by atoms with E-state index in [1.165, 1.54) is 7.48 Å². The fraction of sp³-hybridized carbons (Fsp3) is 0.125. The normalized spacial score (nSPS) is 19.9. The number of carbonyl (C=O) groups excluding carboxylic acids is 1. The van der Waals surface area contributed by atoms with Crippen molar-refractivity contribution in [3.63, 3.8) is 0 Å². The lowest BCUT2D eigenvalue weighted by atomic mass is 9.86. The van der Waals surface area contributed by atoms with Gasteiger partial charge in [0.1, 0.15) is 6.29 Å². The molecule has 1 heterocycles. The van der Waals surface area contributed by atoms with Gasteiger partial charge in [-0.3, -0.25) is 4.79 Å². The topological polar surface area (TPSA) is 46.5 Å². The van der Waals surface area contributed by atoms with Gasteiger partial charge in [-0.05, 0) is 11.5 Å². The van der Waals surface area contributed by atoms with Crippen LogP contribution in [-0.4, -0.2) is 18.9 Å². The van der Waals surface area contributed by atoms with Crippen LogP contribution in [0.1, 0.15) is 22.2 Å². The lowest BCUT2D eigenvalue weighted by Crippen LogP contribution is -2.11. The first kappa shape index (κ1) is 7.52. The number of benzene rings is 1. The SMILES string of the molecule is O=Cc1ccc2c(c1)C(O)O[B]2. The fourth-order valence-corrected chi connectivity index (χ4v) is 1.20. The molecule has 0 saturated carbocycles. The maximum absolute atomic E-state index is 10.4. The predicted molar refractivity (Wildman–Crippen MR) is 43.3 cm³/mol. The molecular weight excluding hydrogens is 155 g/mol. The third-order valence-corrected chi connectivity index (χ3v) is 1.84. The average Bonchev–Trinajstić information content (AvgIpc) is 2.47. The van der Waals surface area contributed by atoms with Gasteiger partial charge in [0.25, 0.3) is 0 Å². The van der Waals surface area contributed by atoms with Crippen LogP contribution >= 0.6 is 0 Å². The minimum Gasteiger partial charge on any atom is -0.407 e. The standard InChI is InChI=1S/C8H6BO3/c10-4-5-1-2-7-6(3-5)8(11)12-9-7/h1-4,8,11H. The quantitative estimate of drug-likeness (QED) is 0.456. The Hall–Kier alpha value is -1.13. The monoisotopic (exact) mass is 161 g/mol. The van der Waals surface area contributed by atoms with E-state index in [0.29, 0.717) is 11.1 Å². The smallest absolute Gasteiger partial charge is 0.334 e. The summed E-state index contributed by atoms with van der Waals surface area (Å²) < 4.78 is 4.84. The highest BCUT2D eigenvalue weighted by atomic mass is 16.6. The Labute approximate surface area is 70.2 Å². The molecule has 12 heavy (non-hydrogen) atoms. The molecule has 3 nitrogen and oxygen atoms in total. The maximum Gasteiger partial charge on any atom is 0.334 e. The van der Waals surface area contributed by atoms with Crippen LogP contribution in [0.25, 0.3) is 0 Å². The Morgan fingerprint density at radius 3 is 3.17 bits per heavy atom. The predicted octanol–water partition coefficient (Wildman–Crippen LogP) is -0.235. The Morgan fingerprint density at radius 2 is 2.42 bits per heavy atom. The summed E-state index contributed by atoms with van der Waals surface area (Å²) in [7, 11) is 1.48. The van der Waals surface area contributed by atoms with E-state index in [0.717, 1.165) is 11.7 Å². The van der Waals surface area contributed by atoms with Crippen LogP contribution in [0, 0.1) is 0 Å². The van der Waals surface area contributed by atoms with E-state index in [4.69, 9.17) is 4.65 Å². The van der Waals surface area contributed by atoms with Gasteiger partial charge in [-0.1, -0.05) is 12.1 Å². The molecule has 0 spiro atoms. The second kappa shape index (κ2) is 2.73.